The van der Waals surface area contributed by atoms with Gasteiger partial charge in [0.2, 0.25) is 0 Å². The molecule has 4 heteroatoms. The molecule has 0 atom stereocenters. The Balaban J connectivity index is 1.92. The van der Waals surface area contributed by atoms with Crippen LogP contribution in [0, 0.1) is 17.1 Å². The van der Waals surface area contributed by atoms with Crippen LogP contribution in [0.5, 0.6) is 5.75 Å². The average Bonchev–Trinajstić information content (AvgIpc) is 2.49. The number of hydrogen-bond donors (Lipinski definition) is 0. The Morgan fingerprint density at radius 1 is 1.23 bits per heavy atom. The van der Waals surface area contributed by atoms with Crippen LogP contribution >= 0.6 is 15.9 Å². The van der Waals surface area contributed by atoms with E-state index in [4.69, 9.17) is 4.74 Å². The molecule has 0 bridgehead atoms. The lowest BCUT2D eigenvalue weighted by Gasteiger charge is -2.36. The van der Waals surface area contributed by atoms with Crippen molar-refractivity contribution >= 4 is 15.9 Å². The van der Waals surface area contributed by atoms with Gasteiger partial charge in [-0.2, -0.15) is 5.26 Å². The Kier molecular flexibility index (Phi) is 4.17. The first-order chi connectivity index (χ1) is 10.6. The third kappa shape index (κ3) is 2.74. The minimum absolute atomic E-state index is 0.353. The zero-order chi connectivity index (χ0) is 15.6. The first-order valence-electron chi connectivity index (χ1n) is 7.22. The largest absolute Gasteiger partial charge is 0.489 e. The molecule has 0 aromatic heterocycles. The summed E-state index contributed by atoms with van der Waals surface area (Å²) in [6, 6.07) is 15.2. The minimum atomic E-state index is -0.604. The van der Waals surface area contributed by atoms with Gasteiger partial charge in [-0.15, -0.1) is 0 Å². The van der Waals surface area contributed by atoms with Crippen molar-refractivity contribution in [2.45, 2.75) is 31.3 Å². The van der Waals surface area contributed by atoms with Crippen molar-refractivity contribution in [1.82, 2.24) is 0 Å². The molecule has 1 saturated carbocycles. The summed E-state index contributed by atoms with van der Waals surface area (Å²) >= 11 is 3.20. The van der Waals surface area contributed by atoms with E-state index in [1.165, 1.54) is 6.07 Å². The lowest BCUT2D eigenvalue weighted by Crippen LogP contribution is -2.33. The van der Waals surface area contributed by atoms with Crippen LogP contribution < -0.4 is 4.74 Å². The quantitative estimate of drug-likeness (QED) is 0.759. The van der Waals surface area contributed by atoms with Gasteiger partial charge in [-0.25, -0.2) is 4.39 Å². The zero-order valence-electron chi connectivity index (χ0n) is 12.0. The molecule has 0 amide bonds. The van der Waals surface area contributed by atoms with E-state index in [1.807, 2.05) is 30.3 Å². The summed E-state index contributed by atoms with van der Waals surface area (Å²) in [7, 11) is 0. The smallest absolute Gasteiger partial charge is 0.137 e. The molecule has 0 heterocycles. The minimum Gasteiger partial charge on any atom is -0.489 e. The van der Waals surface area contributed by atoms with Gasteiger partial charge in [0, 0.05) is 5.56 Å². The van der Waals surface area contributed by atoms with Crippen LogP contribution in [0.1, 0.15) is 30.4 Å². The zero-order valence-corrected chi connectivity index (χ0v) is 13.6. The second-order valence-electron chi connectivity index (χ2n) is 5.58. The van der Waals surface area contributed by atoms with Crippen LogP contribution in [-0.2, 0) is 12.0 Å². The van der Waals surface area contributed by atoms with Crippen molar-refractivity contribution < 1.29 is 9.13 Å². The molecule has 112 valence electrons. The first kappa shape index (κ1) is 15.1. The maximum Gasteiger partial charge on any atom is 0.137 e. The number of hydrogen-bond acceptors (Lipinski definition) is 2. The summed E-state index contributed by atoms with van der Waals surface area (Å²) in [5.74, 6) is 0.224. The van der Waals surface area contributed by atoms with Crippen LogP contribution in [0.25, 0.3) is 0 Å². The molecule has 2 nitrogen and oxygen atoms in total. The predicted molar refractivity (Wildman–Crippen MR) is 86.0 cm³/mol. The van der Waals surface area contributed by atoms with E-state index < -0.39 is 5.41 Å². The molecule has 0 unspecified atom stereocenters. The van der Waals surface area contributed by atoms with Crippen LogP contribution in [-0.4, -0.2) is 0 Å². The number of ether oxygens (including phenoxy) is 1. The molecule has 0 radical (unpaired) electrons. The van der Waals surface area contributed by atoms with Crippen molar-refractivity contribution in [1.29, 1.82) is 5.26 Å². The van der Waals surface area contributed by atoms with Crippen LogP contribution in [0.15, 0.2) is 46.9 Å². The summed E-state index contributed by atoms with van der Waals surface area (Å²) < 4.78 is 20.2. The molecule has 1 aliphatic rings. The van der Waals surface area contributed by atoms with Gasteiger partial charge >= 0.3 is 0 Å². The highest BCUT2D eigenvalue weighted by Gasteiger charge is 2.41. The van der Waals surface area contributed by atoms with Gasteiger partial charge in [0.15, 0.2) is 0 Å². The molecule has 0 spiro atoms. The second-order valence-corrected chi connectivity index (χ2v) is 6.44. The maximum atomic E-state index is 13.9. The third-order valence-electron chi connectivity index (χ3n) is 4.20. The van der Waals surface area contributed by atoms with Gasteiger partial charge in [0.05, 0.1) is 16.0 Å². The fourth-order valence-electron chi connectivity index (χ4n) is 2.73. The van der Waals surface area contributed by atoms with E-state index in [9.17, 15) is 9.65 Å². The molecule has 2 aromatic rings. The van der Waals surface area contributed by atoms with Crippen molar-refractivity contribution in [2.24, 2.45) is 0 Å². The van der Waals surface area contributed by atoms with Crippen LogP contribution in [0.2, 0.25) is 0 Å². The lowest BCUT2D eigenvalue weighted by molar-refractivity contribution is 0.272. The molecular weight excluding hydrogens is 345 g/mol. The maximum absolute atomic E-state index is 13.9. The van der Waals surface area contributed by atoms with Crippen molar-refractivity contribution in [2.75, 3.05) is 0 Å². The normalized spacial score (nSPS) is 15.7. The van der Waals surface area contributed by atoms with E-state index in [0.29, 0.717) is 22.4 Å². The Bertz CT molecular complexity index is 720. The van der Waals surface area contributed by atoms with E-state index >= 15 is 0 Å². The van der Waals surface area contributed by atoms with E-state index in [2.05, 4.69) is 22.0 Å². The highest BCUT2D eigenvalue weighted by molar-refractivity contribution is 9.10. The van der Waals surface area contributed by atoms with E-state index in [1.54, 1.807) is 6.07 Å². The van der Waals surface area contributed by atoms with Gasteiger partial charge in [-0.05, 0) is 52.9 Å². The fraction of sp³-hybridized carbons (Fsp3) is 0.278. The topological polar surface area (TPSA) is 33.0 Å². The molecule has 0 N–H and O–H groups in total. The number of rotatable bonds is 4. The van der Waals surface area contributed by atoms with Gasteiger partial charge in [0.25, 0.3) is 0 Å². The average molecular weight is 360 g/mol. The Hall–Kier alpha value is -1.86. The lowest BCUT2D eigenvalue weighted by atomic mass is 9.65. The standard InChI is InChI=1S/C18H15BrFNO/c19-15-10-17(22-11-13-5-2-1-3-6-13)14(9-16(15)20)18(12-21)7-4-8-18/h1-3,5-6,9-10H,4,7-8,11H2. The van der Waals surface area contributed by atoms with Crippen molar-refractivity contribution in [3.05, 3.63) is 63.9 Å². The summed E-state index contributed by atoms with van der Waals surface area (Å²) in [6.07, 6.45) is 2.50. The molecule has 1 fully saturated rings. The Morgan fingerprint density at radius 2 is 1.95 bits per heavy atom. The number of nitrogens with zero attached hydrogens (tertiary/aromatic N) is 1. The summed E-state index contributed by atoms with van der Waals surface area (Å²) in [4.78, 5) is 0. The summed E-state index contributed by atoms with van der Waals surface area (Å²) in [6.45, 7) is 0.396. The molecule has 0 saturated heterocycles. The van der Waals surface area contributed by atoms with Gasteiger partial charge in [-0.3, -0.25) is 0 Å². The summed E-state index contributed by atoms with van der Waals surface area (Å²) in [5.41, 5.74) is 1.10. The fourth-order valence-corrected chi connectivity index (χ4v) is 3.05. The predicted octanol–water partition coefficient (Wildman–Crippen LogP) is 5.11. The highest BCUT2D eigenvalue weighted by Crippen LogP contribution is 2.47. The summed E-state index contributed by atoms with van der Waals surface area (Å²) in [5, 5.41) is 9.52. The highest BCUT2D eigenvalue weighted by atomic mass is 79.9. The molecular formula is C18H15BrFNO. The van der Waals surface area contributed by atoms with Gasteiger partial charge in [-0.1, -0.05) is 30.3 Å². The number of nitriles is 1. The third-order valence-corrected chi connectivity index (χ3v) is 4.80. The Labute approximate surface area is 137 Å². The first-order valence-corrected chi connectivity index (χ1v) is 8.01. The van der Waals surface area contributed by atoms with E-state index in [-0.39, 0.29) is 5.82 Å². The van der Waals surface area contributed by atoms with Crippen molar-refractivity contribution in [3.63, 3.8) is 0 Å². The van der Waals surface area contributed by atoms with Gasteiger partial charge in [0.1, 0.15) is 18.2 Å². The Morgan fingerprint density at radius 3 is 2.55 bits per heavy atom. The van der Waals surface area contributed by atoms with Gasteiger partial charge < -0.3 is 4.74 Å². The number of benzene rings is 2. The van der Waals surface area contributed by atoms with Crippen LogP contribution in [0.3, 0.4) is 0 Å². The van der Waals surface area contributed by atoms with E-state index in [0.717, 1.165) is 24.8 Å². The molecule has 22 heavy (non-hydrogen) atoms. The SMILES string of the molecule is N#CC1(c2cc(F)c(Br)cc2OCc2ccccc2)CCC1. The number of halogens is 2. The molecule has 0 aliphatic heterocycles. The molecule has 3 rings (SSSR count). The second kappa shape index (κ2) is 6.10. The van der Waals surface area contributed by atoms with Crippen LogP contribution in [0.4, 0.5) is 4.39 Å². The monoisotopic (exact) mass is 359 g/mol. The molecule has 1 aliphatic carbocycles. The molecule has 2 aromatic carbocycles. The van der Waals surface area contributed by atoms with Crippen molar-refractivity contribution in [3.8, 4) is 11.8 Å².